The number of methoxy groups -OCH3 is 1. The van der Waals surface area contributed by atoms with Crippen LogP contribution < -0.4 is 10.1 Å². The van der Waals surface area contributed by atoms with E-state index in [1.165, 1.54) is 11.1 Å². The predicted molar refractivity (Wildman–Crippen MR) is 93.7 cm³/mol. The van der Waals surface area contributed by atoms with Gasteiger partial charge >= 0.3 is 0 Å². The van der Waals surface area contributed by atoms with Crippen molar-refractivity contribution in [3.05, 3.63) is 59.2 Å². The summed E-state index contributed by atoms with van der Waals surface area (Å²) in [5, 5.41) is 2.96. The van der Waals surface area contributed by atoms with Crippen molar-refractivity contribution in [1.82, 2.24) is 0 Å². The summed E-state index contributed by atoms with van der Waals surface area (Å²) in [5.41, 5.74) is 4.36. The number of nitrogens with one attached hydrogen (secondary N) is 1. The lowest BCUT2D eigenvalue weighted by Crippen LogP contribution is -2.15. The summed E-state index contributed by atoms with van der Waals surface area (Å²) in [6, 6.07) is 13.9. The molecule has 1 N–H and O–H groups in total. The second kappa shape index (κ2) is 7.90. The zero-order valence-electron chi connectivity index (χ0n) is 13.2. The number of carbonyl (C=O) groups is 1. The molecule has 0 aliphatic carbocycles. The third-order valence-electron chi connectivity index (χ3n) is 3.32. The zero-order valence-corrected chi connectivity index (χ0v) is 14.0. The van der Waals surface area contributed by atoms with E-state index in [9.17, 15) is 4.79 Å². The van der Waals surface area contributed by atoms with Gasteiger partial charge in [-0.2, -0.15) is 0 Å². The van der Waals surface area contributed by atoms with Crippen LogP contribution >= 0.6 is 11.8 Å². The summed E-state index contributed by atoms with van der Waals surface area (Å²) >= 11 is 1.60. The van der Waals surface area contributed by atoms with Gasteiger partial charge in [-0.1, -0.05) is 29.8 Å². The molecular formula is C18H21NO2S. The van der Waals surface area contributed by atoms with Gasteiger partial charge in [0.25, 0.3) is 0 Å². The Balaban J connectivity index is 1.79. The molecule has 2 aromatic rings. The highest BCUT2D eigenvalue weighted by Crippen LogP contribution is 2.18. The monoisotopic (exact) mass is 315 g/mol. The van der Waals surface area contributed by atoms with Crippen LogP contribution in [0.4, 0.5) is 5.69 Å². The minimum atomic E-state index is 0.0328. The summed E-state index contributed by atoms with van der Waals surface area (Å²) < 4.78 is 5.13. The van der Waals surface area contributed by atoms with Crippen molar-refractivity contribution >= 4 is 23.4 Å². The van der Waals surface area contributed by atoms with E-state index < -0.39 is 0 Å². The third-order valence-corrected chi connectivity index (χ3v) is 4.32. The lowest BCUT2D eigenvalue weighted by Gasteiger charge is -2.09. The number of hydrogen-bond donors (Lipinski definition) is 1. The van der Waals surface area contributed by atoms with E-state index in [4.69, 9.17) is 4.74 Å². The summed E-state index contributed by atoms with van der Waals surface area (Å²) in [6.07, 6.45) is 0. The smallest absolute Gasteiger partial charge is 0.234 e. The molecule has 2 rings (SSSR count). The van der Waals surface area contributed by atoms with Crippen LogP contribution in [0.25, 0.3) is 0 Å². The van der Waals surface area contributed by atoms with E-state index in [-0.39, 0.29) is 5.91 Å². The molecule has 0 heterocycles. The fraction of sp³-hybridized carbons (Fsp3) is 0.278. The Hall–Kier alpha value is -1.94. The molecule has 0 unspecified atom stereocenters. The van der Waals surface area contributed by atoms with Crippen molar-refractivity contribution in [3.63, 3.8) is 0 Å². The summed E-state index contributed by atoms with van der Waals surface area (Å²) in [4.78, 5) is 12.0. The van der Waals surface area contributed by atoms with Crippen molar-refractivity contribution < 1.29 is 9.53 Å². The maximum absolute atomic E-state index is 12.0. The molecule has 22 heavy (non-hydrogen) atoms. The second-order valence-electron chi connectivity index (χ2n) is 5.21. The van der Waals surface area contributed by atoms with Crippen LogP contribution in [0.5, 0.6) is 5.75 Å². The van der Waals surface area contributed by atoms with E-state index >= 15 is 0 Å². The molecule has 0 aliphatic rings. The molecule has 116 valence electrons. The number of aryl methyl sites for hydroxylation is 2. The lowest BCUT2D eigenvalue weighted by atomic mass is 10.1. The maximum atomic E-state index is 12.0. The first-order chi connectivity index (χ1) is 10.6. The number of thioether (sulfide) groups is 1. The van der Waals surface area contributed by atoms with E-state index in [2.05, 4.69) is 11.4 Å². The van der Waals surface area contributed by atoms with Gasteiger partial charge in [0.15, 0.2) is 0 Å². The Morgan fingerprint density at radius 3 is 2.50 bits per heavy atom. The Morgan fingerprint density at radius 1 is 1.14 bits per heavy atom. The molecule has 2 aromatic carbocycles. The van der Waals surface area contributed by atoms with Crippen molar-refractivity contribution in [2.75, 3.05) is 18.2 Å². The van der Waals surface area contributed by atoms with Gasteiger partial charge in [-0.3, -0.25) is 4.79 Å². The fourth-order valence-corrected chi connectivity index (χ4v) is 2.91. The molecule has 0 bridgehead atoms. The van der Waals surface area contributed by atoms with E-state index in [1.54, 1.807) is 18.9 Å². The quantitative estimate of drug-likeness (QED) is 0.869. The van der Waals surface area contributed by atoms with Crippen LogP contribution in [0.1, 0.15) is 16.7 Å². The SMILES string of the molecule is COc1ccc(CSCC(=O)Nc2ccc(C)cc2C)cc1. The number of rotatable bonds is 6. The standard InChI is InChI=1S/C18H21NO2S/c1-13-4-9-17(14(2)10-13)19-18(20)12-22-11-15-5-7-16(21-3)8-6-15/h4-10H,11-12H2,1-3H3,(H,19,20). The zero-order chi connectivity index (χ0) is 15.9. The van der Waals surface area contributed by atoms with Crippen molar-refractivity contribution in [1.29, 1.82) is 0 Å². The van der Waals surface area contributed by atoms with Crippen LogP contribution in [0.15, 0.2) is 42.5 Å². The number of anilines is 1. The van der Waals surface area contributed by atoms with Gasteiger partial charge in [0.05, 0.1) is 12.9 Å². The molecule has 0 saturated heterocycles. The average Bonchev–Trinajstić information content (AvgIpc) is 2.51. The Labute approximate surface area is 136 Å². The molecule has 1 amide bonds. The normalized spacial score (nSPS) is 10.3. The number of benzene rings is 2. The summed E-state index contributed by atoms with van der Waals surface area (Å²) in [7, 11) is 1.65. The molecule has 0 aliphatic heterocycles. The fourth-order valence-electron chi connectivity index (χ4n) is 2.12. The van der Waals surface area contributed by atoms with Crippen LogP contribution in [0, 0.1) is 13.8 Å². The number of ether oxygens (including phenoxy) is 1. The average molecular weight is 315 g/mol. The molecule has 0 fully saturated rings. The highest BCUT2D eigenvalue weighted by molar-refractivity contribution is 7.99. The molecule has 0 radical (unpaired) electrons. The number of carbonyl (C=O) groups excluding carboxylic acids is 1. The summed E-state index contributed by atoms with van der Waals surface area (Å²) in [5.74, 6) is 2.13. The minimum Gasteiger partial charge on any atom is -0.497 e. The van der Waals surface area contributed by atoms with Crippen molar-refractivity contribution in [2.24, 2.45) is 0 Å². The molecule has 0 atom stereocenters. The van der Waals surface area contributed by atoms with Gasteiger partial charge in [0, 0.05) is 11.4 Å². The van der Waals surface area contributed by atoms with E-state index in [0.29, 0.717) is 5.75 Å². The molecule has 0 spiro atoms. The molecular weight excluding hydrogens is 294 g/mol. The molecule has 4 heteroatoms. The van der Waals surface area contributed by atoms with Crippen LogP contribution in [0.3, 0.4) is 0 Å². The van der Waals surface area contributed by atoms with Gasteiger partial charge in [0.1, 0.15) is 5.75 Å². The Morgan fingerprint density at radius 2 is 1.86 bits per heavy atom. The van der Waals surface area contributed by atoms with Crippen LogP contribution in [-0.4, -0.2) is 18.8 Å². The largest absolute Gasteiger partial charge is 0.497 e. The highest BCUT2D eigenvalue weighted by Gasteiger charge is 2.05. The van der Waals surface area contributed by atoms with Crippen LogP contribution in [-0.2, 0) is 10.5 Å². The third kappa shape index (κ3) is 4.81. The van der Waals surface area contributed by atoms with Crippen molar-refractivity contribution in [2.45, 2.75) is 19.6 Å². The van der Waals surface area contributed by atoms with Gasteiger partial charge in [-0.05, 0) is 43.2 Å². The van der Waals surface area contributed by atoms with Gasteiger partial charge in [-0.25, -0.2) is 0 Å². The maximum Gasteiger partial charge on any atom is 0.234 e. The van der Waals surface area contributed by atoms with Crippen LogP contribution in [0.2, 0.25) is 0 Å². The highest BCUT2D eigenvalue weighted by atomic mass is 32.2. The predicted octanol–water partition coefficient (Wildman–Crippen LogP) is 4.18. The Bertz CT molecular complexity index is 638. The number of amides is 1. The first kappa shape index (κ1) is 16.4. The van der Waals surface area contributed by atoms with E-state index in [0.717, 1.165) is 22.8 Å². The first-order valence-corrected chi connectivity index (χ1v) is 8.32. The number of hydrogen-bond acceptors (Lipinski definition) is 3. The minimum absolute atomic E-state index is 0.0328. The first-order valence-electron chi connectivity index (χ1n) is 7.16. The molecule has 0 saturated carbocycles. The van der Waals surface area contributed by atoms with Crippen molar-refractivity contribution in [3.8, 4) is 5.75 Å². The topological polar surface area (TPSA) is 38.3 Å². The molecule has 0 aromatic heterocycles. The van der Waals surface area contributed by atoms with E-state index in [1.807, 2.05) is 50.2 Å². The van der Waals surface area contributed by atoms with Gasteiger partial charge < -0.3 is 10.1 Å². The second-order valence-corrected chi connectivity index (χ2v) is 6.19. The molecule has 3 nitrogen and oxygen atoms in total. The van der Waals surface area contributed by atoms with Gasteiger partial charge in [0.2, 0.25) is 5.91 Å². The van der Waals surface area contributed by atoms with Gasteiger partial charge in [-0.15, -0.1) is 11.8 Å². The Kier molecular flexibility index (Phi) is 5.90. The summed E-state index contributed by atoms with van der Waals surface area (Å²) in [6.45, 7) is 4.05. The lowest BCUT2D eigenvalue weighted by molar-refractivity contribution is -0.113.